The van der Waals surface area contributed by atoms with Crippen LogP contribution in [-0.2, 0) is 6.54 Å². The lowest BCUT2D eigenvalue weighted by Gasteiger charge is -2.22. The Kier molecular flexibility index (Phi) is 4.09. The molecular weight excluding hydrogens is 212 g/mol. The van der Waals surface area contributed by atoms with Crippen molar-refractivity contribution in [2.24, 2.45) is 0 Å². The fraction of sp³-hybridized carbons (Fsp3) is 0.538. The number of rotatable bonds is 5. The molecule has 1 aliphatic heterocycles. The summed E-state index contributed by atoms with van der Waals surface area (Å²) in [4.78, 5) is 11.0. The first-order valence-corrected chi connectivity index (χ1v) is 6.29. The summed E-state index contributed by atoms with van der Waals surface area (Å²) in [7, 11) is 0. The van der Waals surface area contributed by atoms with Crippen molar-refractivity contribution in [1.29, 1.82) is 0 Å². The van der Waals surface area contributed by atoms with Crippen LogP contribution in [0.25, 0.3) is 0 Å². The Morgan fingerprint density at radius 2 is 2.12 bits per heavy atom. The summed E-state index contributed by atoms with van der Waals surface area (Å²) in [5, 5.41) is 3.10. The Hall–Kier alpha value is -1.42. The lowest BCUT2D eigenvalue weighted by Crippen LogP contribution is -2.28. The van der Waals surface area contributed by atoms with Crippen molar-refractivity contribution in [3.63, 3.8) is 0 Å². The van der Waals surface area contributed by atoms with Crippen molar-refractivity contribution < 1.29 is 0 Å². The zero-order valence-electron chi connectivity index (χ0n) is 10.6. The molecule has 1 aromatic rings. The van der Waals surface area contributed by atoms with Gasteiger partial charge in [-0.3, -0.25) is 4.90 Å². The molecule has 0 saturated heterocycles. The van der Waals surface area contributed by atoms with Crippen molar-refractivity contribution in [2.45, 2.75) is 32.9 Å². The Labute approximate surface area is 103 Å². The van der Waals surface area contributed by atoms with Crippen LogP contribution in [-0.4, -0.2) is 34.0 Å². The number of hydrogen-bond donors (Lipinski definition) is 1. The van der Waals surface area contributed by atoms with Crippen LogP contribution in [0.5, 0.6) is 0 Å². The fourth-order valence-electron chi connectivity index (χ4n) is 2.11. The number of nitrogens with zero attached hydrogens (tertiary/aromatic N) is 3. The minimum atomic E-state index is 0.573. The molecule has 0 radical (unpaired) electrons. The molecule has 1 aromatic heterocycles. The summed E-state index contributed by atoms with van der Waals surface area (Å²) in [5.74, 6) is 0.711. The number of hydrogen-bond acceptors (Lipinski definition) is 4. The first kappa shape index (κ1) is 12.0. The van der Waals surface area contributed by atoms with Gasteiger partial charge in [0.15, 0.2) is 0 Å². The minimum Gasteiger partial charge on any atom is -0.355 e. The molecule has 0 saturated carbocycles. The lowest BCUT2D eigenvalue weighted by molar-refractivity contribution is 0.258. The number of anilines is 1. The van der Waals surface area contributed by atoms with Crippen molar-refractivity contribution >= 4 is 5.95 Å². The molecule has 0 amide bonds. The maximum atomic E-state index is 4.29. The molecule has 1 N–H and O–H groups in total. The molecule has 0 aliphatic carbocycles. The van der Waals surface area contributed by atoms with E-state index in [4.69, 9.17) is 0 Å². The largest absolute Gasteiger partial charge is 0.355 e. The Bertz CT molecular complexity index is 372. The average Bonchev–Trinajstić information content (AvgIpc) is 2.79. The predicted molar refractivity (Wildman–Crippen MR) is 69.8 cm³/mol. The highest BCUT2D eigenvalue weighted by Crippen LogP contribution is 2.16. The van der Waals surface area contributed by atoms with Gasteiger partial charge in [0.2, 0.25) is 5.95 Å². The van der Waals surface area contributed by atoms with Crippen LogP contribution in [0.4, 0.5) is 5.95 Å². The van der Waals surface area contributed by atoms with E-state index in [9.17, 15) is 0 Å². The molecule has 4 heteroatoms. The van der Waals surface area contributed by atoms with Gasteiger partial charge in [0.1, 0.15) is 0 Å². The first-order valence-electron chi connectivity index (χ1n) is 6.29. The third-order valence-corrected chi connectivity index (χ3v) is 3.01. The van der Waals surface area contributed by atoms with E-state index < -0.39 is 0 Å². The second-order valence-corrected chi connectivity index (χ2v) is 4.28. The van der Waals surface area contributed by atoms with Crippen LogP contribution < -0.4 is 5.32 Å². The molecule has 1 unspecified atom stereocenters. The van der Waals surface area contributed by atoms with Crippen LogP contribution in [0.1, 0.15) is 25.8 Å². The number of aromatic nitrogens is 2. The summed E-state index contributed by atoms with van der Waals surface area (Å²) < 4.78 is 0. The molecule has 4 nitrogen and oxygen atoms in total. The zero-order chi connectivity index (χ0) is 12.1. The van der Waals surface area contributed by atoms with Gasteiger partial charge < -0.3 is 5.32 Å². The Morgan fingerprint density at radius 3 is 2.76 bits per heavy atom. The third kappa shape index (κ3) is 3.03. The molecule has 0 fully saturated rings. The predicted octanol–water partition coefficient (Wildman–Crippen LogP) is 2.06. The van der Waals surface area contributed by atoms with Crippen LogP contribution in [0.2, 0.25) is 0 Å². The molecule has 0 aromatic carbocycles. The minimum absolute atomic E-state index is 0.573. The molecule has 1 atom stereocenters. The second kappa shape index (κ2) is 5.77. The van der Waals surface area contributed by atoms with Gasteiger partial charge in [-0.2, -0.15) is 0 Å². The molecule has 1 aliphatic rings. The summed E-state index contributed by atoms with van der Waals surface area (Å²) >= 11 is 0. The van der Waals surface area contributed by atoms with E-state index in [1.807, 2.05) is 19.3 Å². The van der Waals surface area contributed by atoms with Crippen molar-refractivity contribution in [2.75, 3.05) is 18.4 Å². The van der Waals surface area contributed by atoms with Gasteiger partial charge in [0.25, 0.3) is 0 Å². The molecule has 92 valence electrons. The van der Waals surface area contributed by atoms with Crippen LogP contribution in [0.3, 0.4) is 0 Å². The van der Waals surface area contributed by atoms with E-state index in [1.165, 1.54) is 5.56 Å². The highest BCUT2D eigenvalue weighted by Gasteiger charge is 2.17. The SMILES string of the molecule is CCNc1ncc(CN2CC=CC2CC)cn1. The Balaban J connectivity index is 1.94. The maximum Gasteiger partial charge on any atom is 0.222 e. The van der Waals surface area contributed by atoms with E-state index in [0.29, 0.717) is 12.0 Å². The molecule has 2 heterocycles. The highest BCUT2D eigenvalue weighted by molar-refractivity contribution is 5.24. The normalized spacial score (nSPS) is 19.8. The number of nitrogens with one attached hydrogen (secondary N) is 1. The van der Waals surface area contributed by atoms with E-state index in [2.05, 4.69) is 39.3 Å². The van der Waals surface area contributed by atoms with E-state index in [0.717, 1.165) is 26.1 Å². The molecule has 17 heavy (non-hydrogen) atoms. The van der Waals surface area contributed by atoms with Gasteiger partial charge >= 0.3 is 0 Å². The van der Waals surface area contributed by atoms with E-state index in [1.54, 1.807) is 0 Å². The van der Waals surface area contributed by atoms with Gasteiger partial charge in [0.05, 0.1) is 0 Å². The Morgan fingerprint density at radius 1 is 1.35 bits per heavy atom. The van der Waals surface area contributed by atoms with Crippen LogP contribution >= 0.6 is 0 Å². The first-order chi connectivity index (χ1) is 8.33. The van der Waals surface area contributed by atoms with Gasteiger partial charge in [-0.15, -0.1) is 0 Å². The summed E-state index contributed by atoms with van der Waals surface area (Å²) in [6.45, 7) is 7.08. The molecule has 2 rings (SSSR count). The monoisotopic (exact) mass is 232 g/mol. The van der Waals surface area contributed by atoms with Crippen LogP contribution in [0, 0.1) is 0 Å². The van der Waals surface area contributed by atoms with Crippen molar-refractivity contribution in [3.8, 4) is 0 Å². The summed E-state index contributed by atoms with van der Waals surface area (Å²) in [5.41, 5.74) is 1.17. The third-order valence-electron chi connectivity index (χ3n) is 3.01. The van der Waals surface area contributed by atoms with Gasteiger partial charge in [-0.05, 0) is 13.3 Å². The zero-order valence-corrected chi connectivity index (χ0v) is 10.6. The standard InChI is InChI=1S/C13H20N4/c1-3-12-6-5-7-17(12)10-11-8-15-13(14-4-2)16-9-11/h5-6,8-9,12H,3-4,7,10H2,1-2H3,(H,14,15,16). The molecular formula is C13H20N4. The quantitative estimate of drug-likeness (QED) is 0.789. The lowest BCUT2D eigenvalue weighted by atomic mass is 10.2. The van der Waals surface area contributed by atoms with Gasteiger partial charge in [-0.1, -0.05) is 19.1 Å². The van der Waals surface area contributed by atoms with Crippen molar-refractivity contribution in [1.82, 2.24) is 14.9 Å². The highest BCUT2D eigenvalue weighted by atomic mass is 15.2. The maximum absolute atomic E-state index is 4.29. The summed E-state index contributed by atoms with van der Waals surface area (Å²) in [6.07, 6.45) is 9.51. The van der Waals surface area contributed by atoms with Crippen LogP contribution in [0.15, 0.2) is 24.5 Å². The fourth-order valence-corrected chi connectivity index (χ4v) is 2.11. The molecule has 0 bridgehead atoms. The second-order valence-electron chi connectivity index (χ2n) is 4.28. The van der Waals surface area contributed by atoms with Gasteiger partial charge in [-0.25, -0.2) is 9.97 Å². The smallest absolute Gasteiger partial charge is 0.222 e. The van der Waals surface area contributed by atoms with E-state index in [-0.39, 0.29) is 0 Å². The van der Waals surface area contributed by atoms with Crippen molar-refractivity contribution in [3.05, 3.63) is 30.1 Å². The topological polar surface area (TPSA) is 41.1 Å². The van der Waals surface area contributed by atoms with Gasteiger partial charge in [0, 0.05) is 43.6 Å². The average molecular weight is 232 g/mol. The molecule has 0 spiro atoms. The van der Waals surface area contributed by atoms with E-state index >= 15 is 0 Å². The summed E-state index contributed by atoms with van der Waals surface area (Å²) in [6, 6.07) is 0.573.